The zero-order valence-corrected chi connectivity index (χ0v) is 7.85. The van der Waals surface area contributed by atoms with Crippen LogP contribution in [0.3, 0.4) is 0 Å². The van der Waals surface area contributed by atoms with E-state index in [1.807, 2.05) is 27.7 Å². The van der Waals surface area contributed by atoms with Gasteiger partial charge in [0.05, 0.1) is 0 Å². The summed E-state index contributed by atoms with van der Waals surface area (Å²) in [5.74, 6) is 0.214. The van der Waals surface area contributed by atoms with E-state index in [1.165, 1.54) is 0 Å². The Kier molecular flexibility index (Phi) is 11.2. The number of hydrogen-bond acceptors (Lipinski definition) is 2. The molecular weight excluding hydrogens is 142 g/mol. The number of amides is 1. The van der Waals surface area contributed by atoms with Crippen molar-refractivity contribution in [2.24, 2.45) is 5.92 Å². The van der Waals surface area contributed by atoms with Gasteiger partial charge < -0.3 is 0 Å². The van der Waals surface area contributed by atoms with Gasteiger partial charge in [-0.15, -0.1) is 0 Å². The fourth-order valence-corrected chi connectivity index (χ4v) is 0.476. The minimum Gasteiger partial charge on any atom is -0.289 e. The predicted molar refractivity (Wildman–Crippen MR) is 45.3 cm³/mol. The van der Waals surface area contributed by atoms with E-state index in [-0.39, 0.29) is 5.91 Å². The number of nitrogens with one attached hydrogen (secondary N) is 1. The average Bonchev–Trinajstić information content (AvgIpc) is 2.04. The first kappa shape index (κ1) is 13.1. The molecule has 68 valence electrons. The van der Waals surface area contributed by atoms with Gasteiger partial charge in [0, 0.05) is 6.42 Å². The van der Waals surface area contributed by atoms with Gasteiger partial charge in [0.25, 0.3) is 0 Å². The second kappa shape index (κ2) is 9.43. The lowest BCUT2D eigenvalue weighted by atomic mass is 10.1. The fourth-order valence-electron chi connectivity index (χ4n) is 0.476. The van der Waals surface area contributed by atoms with E-state index in [0.717, 1.165) is 6.42 Å². The summed E-state index contributed by atoms with van der Waals surface area (Å²) < 4.78 is 0. The molecule has 0 saturated carbocycles. The average molecular weight is 161 g/mol. The molecule has 0 aromatic carbocycles. The van der Waals surface area contributed by atoms with Gasteiger partial charge in [-0.25, -0.2) is 5.48 Å². The van der Waals surface area contributed by atoms with E-state index in [9.17, 15) is 4.79 Å². The van der Waals surface area contributed by atoms with Crippen LogP contribution in [0.4, 0.5) is 0 Å². The lowest BCUT2D eigenvalue weighted by molar-refractivity contribution is -0.129. The minimum atomic E-state index is -0.302. The molecule has 1 amide bonds. The van der Waals surface area contributed by atoms with Crippen molar-refractivity contribution in [3.63, 3.8) is 0 Å². The van der Waals surface area contributed by atoms with E-state index in [2.05, 4.69) is 0 Å². The highest BCUT2D eigenvalue weighted by molar-refractivity contribution is 5.74. The topological polar surface area (TPSA) is 49.3 Å². The molecule has 11 heavy (non-hydrogen) atoms. The summed E-state index contributed by atoms with van der Waals surface area (Å²) in [5.41, 5.74) is 1.58. The molecule has 0 aliphatic rings. The van der Waals surface area contributed by atoms with Crippen LogP contribution in [0.25, 0.3) is 0 Å². The standard InChI is InChI=1S/C6H13NO2.C2H6/c1-5(2)3-4-6(8)7-9;1-2/h5,9H,3-4H2,1-2H3,(H,7,8);1-2H3. The molecule has 0 bridgehead atoms. The van der Waals surface area contributed by atoms with Gasteiger partial charge in [-0.2, -0.15) is 0 Å². The van der Waals surface area contributed by atoms with Crippen LogP contribution in [-0.4, -0.2) is 11.1 Å². The Bertz CT molecular complexity index is 92.1. The molecule has 0 aliphatic carbocycles. The first-order chi connectivity index (χ1) is 5.16. The summed E-state index contributed by atoms with van der Waals surface area (Å²) in [5, 5.41) is 8.05. The Morgan fingerprint density at radius 3 is 2.18 bits per heavy atom. The Labute approximate surface area is 68.8 Å². The Hall–Kier alpha value is -0.570. The lowest BCUT2D eigenvalue weighted by Gasteiger charge is -2.00. The van der Waals surface area contributed by atoms with Crippen molar-refractivity contribution >= 4 is 5.91 Å². The Morgan fingerprint density at radius 2 is 1.91 bits per heavy atom. The van der Waals surface area contributed by atoms with Gasteiger partial charge in [0.15, 0.2) is 0 Å². The molecule has 0 heterocycles. The van der Waals surface area contributed by atoms with Crippen molar-refractivity contribution in [3.8, 4) is 0 Å². The third-order valence-corrected chi connectivity index (χ3v) is 1.07. The highest BCUT2D eigenvalue weighted by Crippen LogP contribution is 2.01. The molecule has 0 radical (unpaired) electrons. The van der Waals surface area contributed by atoms with Gasteiger partial charge >= 0.3 is 0 Å². The van der Waals surface area contributed by atoms with E-state index >= 15 is 0 Å². The normalized spacial score (nSPS) is 8.55. The maximum Gasteiger partial charge on any atom is 0.243 e. The molecule has 3 heteroatoms. The summed E-state index contributed by atoms with van der Waals surface area (Å²) in [6.07, 6.45) is 1.24. The maximum atomic E-state index is 10.4. The SMILES string of the molecule is CC.CC(C)CCC(=O)NO. The van der Waals surface area contributed by atoms with E-state index in [1.54, 1.807) is 5.48 Å². The van der Waals surface area contributed by atoms with Crippen LogP contribution >= 0.6 is 0 Å². The van der Waals surface area contributed by atoms with Crippen molar-refractivity contribution in [1.29, 1.82) is 0 Å². The van der Waals surface area contributed by atoms with Gasteiger partial charge in [0.1, 0.15) is 0 Å². The zero-order valence-electron chi connectivity index (χ0n) is 7.85. The van der Waals surface area contributed by atoms with Gasteiger partial charge in [-0.05, 0) is 12.3 Å². The van der Waals surface area contributed by atoms with E-state index in [4.69, 9.17) is 5.21 Å². The molecule has 0 aromatic rings. The van der Waals surface area contributed by atoms with Crippen LogP contribution in [0.1, 0.15) is 40.5 Å². The van der Waals surface area contributed by atoms with Crippen LogP contribution in [0.5, 0.6) is 0 Å². The number of carbonyl (C=O) groups is 1. The summed E-state index contributed by atoms with van der Waals surface area (Å²) >= 11 is 0. The van der Waals surface area contributed by atoms with Crippen LogP contribution in [-0.2, 0) is 4.79 Å². The number of hydrogen-bond donors (Lipinski definition) is 2. The first-order valence-electron chi connectivity index (χ1n) is 4.09. The molecule has 0 rings (SSSR count). The monoisotopic (exact) mass is 161 g/mol. The summed E-state index contributed by atoms with van der Waals surface area (Å²) in [6.45, 7) is 8.06. The fraction of sp³-hybridized carbons (Fsp3) is 0.875. The van der Waals surface area contributed by atoms with Crippen molar-refractivity contribution in [1.82, 2.24) is 5.48 Å². The first-order valence-corrected chi connectivity index (χ1v) is 4.09. The van der Waals surface area contributed by atoms with Crippen molar-refractivity contribution in [3.05, 3.63) is 0 Å². The molecule has 0 aliphatic heterocycles. The number of rotatable bonds is 3. The second-order valence-corrected chi connectivity index (χ2v) is 2.47. The van der Waals surface area contributed by atoms with Crippen LogP contribution in [0.15, 0.2) is 0 Å². The number of carbonyl (C=O) groups excluding carboxylic acids is 1. The van der Waals surface area contributed by atoms with Gasteiger partial charge in [-0.1, -0.05) is 27.7 Å². The molecule has 3 nitrogen and oxygen atoms in total. The predicted octanol–water partition coefficient (Wildman–Crippen LogP) is 1.95. The zero-order chi connectivity index (χ0) is 9.28. The van der Waals surface area contributed by atoms with Crippen molar-refractivity contribution in [2.75, 3.05) is 0 Å². The lowest BCUT2D eigenvalue weighted by Crippen LogP contribution is -2.18. The quantitative estimate of drug-likeness (QED) is 0.491. The van der Waals surface area contributed by atoms with Gasteiger partial charge in [0.2, 0.25) is 5.91 Å². The Balaban J connectivity index is 0. The van der Waals surface area contributed by atoms with Crippen LogP contribution in [0, 0.1) is 5.92 Å². The summed E-state index contributed by atoms with van der Waals surface area (Å²) in [7, 11) is 0. The molecule has 2 N–H and O–H groups in total. The van der Waals surface area contributed by atoms with E-state index < -0.39 is 0 Å². The smallest absolute Gasteiger partial charge is 0.243 e. The molecule has 0 atom stereocenters. The van der Waals surface area contributed by atoms with E-state index in [0.29, 0.717) is 12.3 Å². The minimum absolute atomic E-state index is 0.302. The molecular formula is C8H19NO2. The Morgan fingerprint density at radius 1 is 1.45 bits per heavy atom. The molecule has 0 spiro atoms. The third-order valence-electron chi connectivity index (χ3n) is 1.07. The largest absolute Gasteiger partial charge is 0.289 e. The molecule has 0 fully saturated rings. The number of hydroxylamine groups is 1. The summed E-state index contributed by atoms with van der Waals surface area (Å²) in [4.78, 5) is 10.4. The molecule has 0 saturated heterocycles. The van der Waals surface area contributed by atoms with Crippen molar-refractivity contribution in [2.45, 2.75) is 40.5 Å². The third kappa shape index (κ3) is 12.6. The second-order valence-electron chi connectivity index (χ2n) is 2.47. The highest BCUT2D eigenvalue weighted by atomic mass is 16.5. The highest BCUT2D eigenvalue weighted by Gasteiger charge is 1.99. The van der Waals surface area contributed by atoms with Gasteiger partial charge in [-0.3, -0.25) is 10.0 Å². The molecule has 0 aromatic heterocycles. The van der Waals surface area contributed by atoms with Crippen LogP contribution in [0.2, 0.25) is 0 Å². The molecule has 0 unspecified atom stereocenters. The van der Waals surface area contributed by atoms with Crippen LogP contribution < -0.4 is 5.48 Å². The summed E-state index contributed by atoms with van der Waals surface area (Å²) in [6, 6.07) is 0. The maximum absolute atomic E-state index is 10.4. The van der Waals surface area contributed by atoms with Crippen molar-refractivity contribution < 1.29 is 10.0 Å².